The predicted molar refractivity (Wildman–Crippen MR) is 113 cm³/mol. The number of rotatable bonds is 8. The molecule has 0 aliphatic rings. The highest BCUT2D eigenvalue weighted by Gasteiger charge is 2.41. The molecule has 0 saturated carbocycles. The topological polar surface area (TPSA) is 161 Å². The Labute approximate surface area is 192 Å². The van der Waals surface area contributed by atoms with Gasteiger partial charge in [0.2, 0.25) is 12.2 Å². The molecule has 3 rings (SSSR count). The van der Waals surface area contributed by atoms with Crippen molar-refractivity contribution in [2.75, 3.05) is 0 Å². The highest BCUT2D eigenvalue weighted by Crippen LogP contribution is 2.13. The van der Waals surface area contributed by atoms with Gasteiger partial charge in [-0.25, -0.2) is 14.4 Å². The minimum absolute atomic E-state index is 0.00779. The van der Waals surface area contributed by atoms with Crippen molar-refractivity contribution >= 4 is 29.7 Å². The molecule has 0 radical (unpaired) electrons. The molecule has 3 aromatic rings. The predicted octanol–water partition coefficient (Wildman–Crippen LogP) is 1.58. The van der Waals surface area contributed by atoms with Crippen LogP contribution in [0.15, 0.2) is 83.5 Å². The van der Waals surface area contributed by atoms with Crippen LogP contribution in [0.4, 0.5) is 0 Å². The van der Waals surface area contributed by atoms with Gasteiger partial charge in [0.15, 0.2) is 5.76 Å². The Hall–Kier alpha value is -4.93. The van der Waals surface area contributed by atoms with E-state index >= 15 is 0 Å². The fourth-order valence-corrected chi connectivity index (χ4v) is 2.67. The van der Waals surface area contributed by atoms with Crippen LogP contribution in [-0.2, 0) is 19.1 Å². The number of benzene rings is 2. The zero-order chi connectivity index (χ0) is 24.5. The molecule has 2 amide bonds. The Balaban J connectivity index is 1.82. The lowest BCUT2D eigenvalue weighted by molar-refractivity contribution is -0.159. The molecule has 2 atom stereocenters. The van der Waals surface area contributed by atoms with Crippen LogP contribution in [0.25, 0.3) is 0 Å². The van der Waals surface area contributed by atoms with E-state index in [2.05, 4.69) is 0 Å². The lowest BCUT2D eigenvalue weighted by atomic mass is 10.1. The lowest BCUT2D eigenvalue weighted by Gasteiger charge is -2.23. The number of carboxylic acid groups (broad SMARTS) is 1. The van der Waals surface area contributed by atoms with Crippen LogP contribution in [0.2, 0.25) is 0 Å². The van der Waals surface area contributed by atoms with Crippen molar-refractivity contribution in [3.05, 3.63) is 95.9 Å². The van der Waals surface area contributed by atoms with E-state index in [0.717, 1.165) is 0 Å². The van der Waals surface area contributed by atoms with Crippen LogP contribution in [0.3, 0.4) is 0 Å². The van der Waals surface area contributed by atoms with E-state index in [1.165, 1.54) is 66.9 Å². The van der Waals surface area contributed by atoms with Crippen LogP contribution in [-0.4, -0.2) is 47.0 Å². The van der Waals surface area contributed by atoms with Gasteiger partial charge in [0.25, 0.3) is 5.91 Å². The van der Waals surface area contributed by atoms with Crippen molar-refractivity contribution in [2.24, 2.45) is 0 Å². The molecule has 0 bridgehead atoms. The Morgan fingerprint density at radius 1 is 0.706 bits per heavy atom. The molecule has 1 aromatic heterocycles. The van der Waals surface area contributed by atoms with Crippen molar-refractivity contribution < 1.29 is 43.0 Å². The highest BCUT2D eigenvalue weighted by molar-refractivity contribution is 5.98. The number of hydrogen-bond acceptors (Lipinski definition) is 8. The smallest absolute Gasteiger partial charge is 0.349 e. The van der Waals surface area contributed by atoms with Crippen molar-refractivity contribution in [3.8, 4) is 0 Å². The van der Waals surface area contributed by atoms with E-state index in [-0.39, 0.29) is 16.9 Å². The Kier molecular flexibility index (Phi) is 7.74. The molecule has 0 aliphatic carbocycles. The first kappa shape index (κ1) is 23.7. The number of furan rings is 1. The van der Waals surface area contributed by atoms with Crippen molar-refractivity contribution in [1.29, 1.82) is 0 Å². The van der Waals surface area contributed by atoms with Crippen LogP contribution in [0, 0.1) is 0 Å². The molecule has 2 aromatic carbocycles. The first-order valence-corrected chi connectivity index (χ1v) is 9.75. The number of hydrogen-bond donors (Lipinski definition) is 3. The number of carbonyl (C=O) groups is 5. The van der Waals surface area contributed by atoms with Gasteiger partial charge >= 0.3 is 23.8 Å². The molecule has 11 heteroatoms. The molecule has 1 heterocycles. The quantitative estimate of drug-likeness (QED) is 0.330. The molecule has 174 valence electrons. The minimum atomic E-state index is -2.24. The Bertz CT molecular complexity index is 1160. The lowest BCUT2D eigenvalue weighted by Crippen LogP contribution is -2.54. The second-order valence-electron chi connectivity index (χ2n) is 6.64. The molecular formula is C23H18N2O9. The van der Waals surface area contributed by atoms with E-state index < -0.39 is 41.9 Å². The van der Waals surface area contributed by atoms with E-state index in [1.807, 2.05) is 10.9 Å². The molecule has 3 N–H and O–H groups in total. The van der Waals surface area contributed by atoms with Gasteiger partial charge in [-0.3, -0.25) is 20.4 Å². The van der Waals surface area contributed by atoms with Gasteiger partial charge in [0.05, 0.1) is 17.4 Å². The van der Waals surface area contributed by atoms with Gasteiger partial charge in [-0.05, 0) is 36.4 Å². The van der Waals surface area contributed by atoms with E-state index in [1.54, 1.807) is 12.1 Å². The number of ether oxygens (including phenoxy) is 2. The molecular weight excluding hydrogens is 448 g/mol. The first-order chi connectivity index (χ1) is 16.4. The molecule has 11 nitrogen and oxygen atoms in total. The first-order valence-electron chi connectivity index (χ1n) is 9.75. The van der Waals surface area contributed by atoms with Gasteiger partial charge in [0, 0.05) is 0 Å². The fourth-order valence-electron chi connectivity index (χ4n) is 2.67. The van der Waals surface area contributed by atoms with E-state index in [0.29, 0.717) is 0 Å². The monoisotopic (exact) mass is 466 g/mol. The number of esters is 2. The van der Waals surface area contributed by atoms with Gasteiger partial charge in [-0.1, -0.05) is 36.4 Å². The van der Waals surface area contributed by atoms with Crippen LogP contribution >= 0.6 is 0 Å². The maximum Gasteiger partial charge on any atom is 0.349 e. The van der Waals surface area contributed by atoms with Crippen LogP contribution < -0.4 is 10.9 Å². The summed E-state index contributed by atoms with van der Waals surface area (Å²) in [4.78, 5) is 61.6. The zero-order valence-corrected chi connectivity index (χ0v) is 17.4. The number of hydrazine groups is 1. The average molecular weight is 466 g/mol. The zero-order valence-electron chi connectivity index (χ0n) is 17.4. The summed E-state index contributed by atoms with van der Waals surface area (Å²) in [5, 5.41) is 9.65. The molecule has 0 spiro atoms. The van der Waals surface area contributed by atoms with Crippen LogP contribution in [0.5, 0.6) is 0 Å². The largest absolute Gasteiger partial charge is 0.478 e. The molecule has 0 unspecified atom stereocenters. The third kappa shape index (κ3) is 6.07. The van der Waals surface area contributed by atoms with Gasteiger partial charge in [-0.2, -0.15) is 0 Å². The number of amides is 2. The van der Waals surface area contributed by atoms with Crippen molar-refractivity contribution in [2.45, 2.75) is 12.2 Å². The highest BCUT2D eigenvalue weighted by atomic mass is 16.6. The summed E-state index contributed by atoms with van der Waals surface area (Å²) in [6.45, 7) is 0. The van der Waals surface area contributed by atoms with Crippen molar-refractivity contribution in [3.63, 3.8) is 0 Å². The third-order valence-corrected chi connectivity index (χ3v) is 4.31. The van der Waals surface area contributed by atoms with Crippen LogP contribution in [0.1, 0.15) is 31.3 Å². The molecule has 0 fully saturated rings. The average Bonchev–Trinajstić information content (AvgIpc) is 3.40. The summed E-state index contributed by atoms with van der Waals surface area (Å²) in [7, 11) is 0. The third-order valence-electron chi connectivity index (χ3n) is 4.31. The summed E-state index contributed by atoms with van der Waals surface area (Å²) in [6, 6.07) is 17.6. The van der Waals surface area contributed by atoms with Gasteiger partial charge in [-0.15, -0.1) is 0 Å². The SMILES string of the molecule is O=C(O[C@H](C(=O)O)[C@@H](OC(=O)c1ccccc1)C(=O)NNC(=O)c1ccco1)c1ccccc1. The Morgan fingerprint density at radius 2 is 1.24 bits per heavy atom. The summed E-state index contributed by atoms with van der Waals surface area (Å²) in [5.41, 5.74) is 3.97. The minimum Gasteiger partial charge on any atom is -0.478 e. The molecule has 0 saturated heterocycles. The normalized spacial score (nSPS) is 12.0. The summed E-state index contributed by atoms with van der Waals surface area (Å²) >= 11 is 0. The molecule has 34 heavy (non-hydrogen) atoms. The van der Waals surface area contributed by atoms with Gasteiger partial charge in [0.1, 0.15) is 0 Å². The van der Waals surface area contributed by atoms with E-state index in [9.17, 15) is 29.1 Å². The standard InChI is InChI=1S/C23H18N2O9/c26-19(16-12-7-13-32-16)24-25-20(27)17(33-22(30)14-8-3-1-4-9-14)18(21(28)29)34-23(31)15-10-5-2-6-11-15/h1-13,17-18H,(H,24,26)(H,25,27)(H,28,29)/t17-,18+/m1/s1. The van der Waals surface area contributed by atoms with E-state index in [4.69, 9.17) is 13.9 Å². The number of aliphatic carboxylic acids is 1. The molecule has 0 aliphatic heterocycles. The summed E-state index contributed by atoms with van der Waals surface area (Å²) in [5.74, 6) is -6.16. The van der Waals surface area contributed by atoms with Crippen molar-refractivity contribution in [1.82, 2.24) is 10.9 Å². The maximum atomic E-state index is 12.8. The maximum absolute atomic E-state index is 12.8. The fraction of sp³-hybridized carbons (Fsp3) is 0.0870. The number of carbonyl (C=O) groups excluding carboxylic acids is 4. The Morgan fingerprint density at radius 3 is 1.71 bits per heavy atom. The summed E-state index contributed by atoms with van der Waals surface area (Å²) in [6.07, 6.45) is -3.17. The second kappa shape index (κ2) is 11.1. The second-order valence-corrected chi connectivity index (χ2v) is 6.64. The van der Waals surface area contributed by atoms with Gasteiger partial charge < -0.3 is 19.0 Å². The number of carboxylic acids is 1. The number of nitrogens with one attached hydrogen (secondary N) is 2. The summed E-state index contributed by atoms with van der Waals surface area (Å²) < 4.78 is 15.0.